The first kappa shape index (κ1) is 18.1. The molecule has 2 fully saturated rings. The Bertz CT molecular complexity index is 600. The summed E-state index contributed by atoms with van der Waals surface area (Å²) in [5, 5.41) is 11.1. The van der Waals surface area contributed by atoms with Gasteiger partial charge in [-0.05, 0) is 37.0 Å². The van der Waals surface area contributed by atoms with Gasteiger partial charge in [-0.15, -0.1) is 0 Å². The fraction of sp³-hybridized carbons (Fsp3) is 0.529. The van der Waals surface area contributed by atoms with Crippen LogP contribution < -0.4 is 24.0 Å². The van der Waals surface area contributed by atoms with Gasteiger partial charge in [0.2, 0.25) is 5.91 Å². The van der Waals surface area contributed by atoms with Crippen LogP contribution in [0.2, 0.25) is 0 Å². The van der Waals surface area contributed by atoms with Crippen LogP contribution in [0.4, 0.5) is 0 Å². The first-order chi connectivity index (χ1) is 10.5. The van der Waals surface area contributed by atoms with E-state index in [1.165, 1.54) is 0 Å². The summed E-state index contributed by atoms with van der Waals surface area (Å²) in [6.07, 6.45) is 1.92. The molecule has 1 aromatic rings. The Morgan fingerprint density at radius 1 is 1.26 bits per heavy atom. The summed E-state index contributed by atoms with van der Waals surface area (Å²) in [6, 6.07) is 5.32. The molecule has 2 aliphatic heterocycles. The minimum absolute atomic E-state index is 0. The van der Waals surface area contributed by atoms with Crippen LogP contribution in [0.25, 0.3) is 0 Å². The number of carboxylic acids is 1. The van der Waals surface area contributed by atoms with E-state index < -0.39 is 5.97 Å². The molecule has 118 valence electrons. The number of hydrogen-bond donors (Lipinski definition) is 0. The number of carboxylic acid groups (broad SMARTS) is 1. The third-order valence-corrected chi connectivity index (χ3v) is 4.53. The fourth-order valence-electron chi connectivity index (χ4n) is 3.25. The average molecular weight is 309 g/mol. The molecule has 0 bridgehead atoms. The quantitative estimate of drug-likeness (QED) is 0.590. The van der Waals surface area contributed by atoms with E-state index in [1.54, 1.807) is 12.1 Å². The number of aryl methyl sites for hydroxylation is 1. The summed E-state index contributed by atoms with van der Waals surface area (Å²) >= 11 is 0. The smallest absolute Gasteiger partial charge is 0.545 e. The van der Waals surface area contributed by atoms with Crippen LogP contribution in [0.1, 0.15) is 40.2 Å². The van der Waals surface area contributed by atoms with E-state index in [9.17, 15) is 14.7 Å². The number of amides is 1. The maximum Gasteiger partial charge on any atom is 1.00 e. The number of piperidine rings is 1. The van der Waals surface area contributed by atoms with Crippen molar-refractivity contribution in [1.29, 1.82) is 0 Å². The number of aromatic carboxylic acids is 1. The Hall–Kier alpha value is -1.28. The molecular weight excluding hydrogens is 289 g/mol. The van der Waals surface area contributed by atoms with E-state index in [2.05, 4.69) is 0 Å². The van der Waals surface area contributed by atoms with Crippen LogP contribution in [0.3, 0.4) is 0 Å². The van der Waals surface area contributed by atoms with E-state index in [0.717, 1.165) is 30.5 Å². The van der Waals surface area contributed by atoms with Crippen LogP contribution in [0, 0.1) is 12.8 Å². The molecule has 2 saturated heterocycles. The molecule has 1 amide bonds. The molecule has 1 aromatic carbocycles. The van der Waals surface area contributed by atoms with Gasteiger partial charge in [0.1, 0.15) is 0 Å². The Kier molecular flexibility index (Phi) is 5.91. The van der Waals surface area contributed by atoms with Crippen molar-refractivity contribution in [2.75, 3.05) is 26.3 Å². The van der Waals surface area contributed by atoms with Crippen LogP contribution in [-0.4, -0.2) is 43.1 Å². The fourth-order valence-corrected chi connectivity index (χ4v) is 3.25. The van der Waals surface area contributed by atoms with E-state index in [-0.39, 0.29) is 42.2 Å². The SMILES string of the molecule is Cc1cc(C(=O)[O-])cc(C2CCCN(C(=O)C3COC3)C2)c1.[Li+]. The molecule has 2 heterocycles. The van der Waals surface area contributed by atoms with Crippen LogP contribution >= 0.6 is 0 Å². The number of ether oxygens (including phenoxy) is 1. The van der Waals surface area contributed by atoms with Crippen molar-refractivity contribution in [2.24, 2.45) is 5.92 Å². The first-order valence-corrected chi connectivity index (χ1v) is 7.74. The van der Waals surface area contributed by atoms with Crippen molar-refractivity contribution in [1.82, 2.24) is 4.90 Å². The Balaban J connectivity index is 0.00000192. The van der Waals surface area contributed by atoms with Gasteiger partial charge in [0.15, 0.2) is 0 Å². The Morgan fingerprint density at radius 3 is 2.61 bits per heavy atom. The number of rotatable bonds is 3. The van der Waals surface area contributed by atoms with Gasteiger partial charge in [0.25, 0.3) is 0 Å². The molecule has 6 heteroatoms. The van der Waals surface area contributed by atoms with Gasteiger partial charge in [-0.25, -0.2) is 0 Å². The van der Waals surface area contributed by atoms with E-state index >= 15 is 0 Å². The molecule has 0 spiro atoms. The molecule has 3 rings (SSSR count). The molecule has 0 saturated carbocycles. The van der Waals surface area contributed by atoms with Crippen molar-refractivity contribution in [3.63, 3.8) is 0 Å². The monoisotopic (exact) mass is 309 g/mol. The first-order valence-electron chi connectivity index (χ1n) is 7.74. The number of likely N-dealkylation sites (tertiary alicyclic amines) is 1. The molecule has 23 heavy (non-hydrogen) atoms. The average Bonchev–Trinajstić information content (AvgIpc) is 2.45. The zero-order valence-electron chi connectivity index (χ0n) is 13.7. The van der Waals surface area contributed by atoms with Gasteiger partial charge in [-0.1, -0.05) is 17.7 Å². The number of carbonyl (C=O) groups excluding carboxylic acids is 2. The summed E-state index contributed by atoms with van der Waals surface area (Å²) in [4.78, 5) is 25.4. The maximum atomic E-state index is 12.3. The van der Waals surface area contributed by atoms with Gasteiger partial charge < -0.3 is 19.5 Å². The van der Waals surface area contributed by atoms with E-state index in [0.29, 0.717) is 19.8 Å². The molecule has 5 nitrogen and oxygen atoms in total. The molecule has 0 aromatic heterocycles. The maximum absolute atomic E-state index is 12.3. The van der Waals surface area contributed by atoms with Crippen molar-refractivity contribution < 1.29 is 38.3 Å². The van der Waals surface area contributed by atoms with Gasteiger partial charge in [-0.2, -0.15) is 0 Å². The molecular formula is C17H20LiNO4. The summed E-state index contributed by atoms with van der Waals surface area (Å²) in [7, 11) is 0. The Labute approximate surface area is 148 Å². The largest absolute Gasteiger partial charge is 1.00 e. The minimum Gasteiger partial charge on any atom is -0.545 e. The zero-order chi connectivity index (χ0) is 15.7. The van der Waals surface area contributed by atoms with Gasteiger partial charge >= 0.3 is 18.9 Å². The van der Waals surface area contributed by atoms with Crippen molar-refractivity contribution in [2.45, 2.75) is 25.7 Å². The van der Waals surface area contributed by atoms with Crippen molar-refractivity contribution in [3.8, 4) is 0 Å². The van der Waals surface area contributed by atoms with Crippen LogP contribution in [0.5, 0.6) is 0 Å². The van der Waals surface area contributed by atoms with E-state index in [1.807, 2.05) is 17.9 Å². The number of benzene rings is 1. The second-order valence-electron chi connectivity index (χ2n) is 6.28. The zero-order valence-corrected chi connectivity index (χ0v) is 13.7. The second-order valence-corrected chi connectivity index (χ2v) is 6.28. The molecule has 0 radical (unpaired) electrons. The number of nitrogens with zero attached hydrogens (tertiary/aromatic N) is 1. The molecule has 1 atom stereocenters. The second kappa shape index (κ2) is 7.52. The third kappa shape index (κ3) is 3.98. The standard InChI is InChI=1S/C17H21NO4.Li/c1-11-5-13(7-14(6-11)17(20)21)12-3-2-4-18(8-12)16(19)15-9-22-10-15;/h5-7,12,15H,2-4,8-10H2,1H3,(H,20,21);/q;+1/p-1. The minimum atomic E-state index is -1.15. The van der Waals surface area contributed by atoms with E-state index in [4.69, 9.17) is 4.74 Å². The number of carbonyl (C=O) groups is 2. The molecule has 2 aliphatic rings. The van der Waals surface area contributed by atoms with Gasteiger partial charge in [0.05, 0.1) is 25.1 Å². The summed E-state index contributed by atoms with van der Waals surface area (Å²) in [6.45, 7) is 4.38. The van der Waals surface area contributed by atoms with Gasteiger partial charge in [-0.3, -0.25) is 4.79 Å². The molecule has 1 unspecified atom stereocenters. The molecule has 0 aliphatic carbocycles. The van der Waals surface area contributed by atoms with Crippen LogP contribution in [0.15, 0.2) is 18.2 Å². The van der Waals surface area contributed by atoms with Gasteiger partial charge in [0, 0.05) is 19.0 Å². The summed E-state index contributed by atoms with van der Waals surface area (Å²) in [5.41, 5.74) is 2.11. The predicted octanol–water partition coefficient (Wildman–Crippen LogP) is -2.29. The molecule has 0 N–H and O–H groups in total. The van der Waals surface area contributed by atoms with Crippen molar-refractivity contribution in [3.05, 3.63) is 34.9 Å². The number of hydrogen-bond acceptors (Lipinski definition) is 4. The predicted molar refractivity (Wildman–Crippen MR) is 78.4 cm³/mol. The summed E-state index contributed by atoms with van der Waals surface area (Å²) in [5.74, 6) is -0.782. The third-order valence-electron chi connectivity index (χ3n) is 4.53. The van der Waals surface area contributed by atoms with Crippen LogP contribution in [-0.2, 0) is 9.53 Å². The summed E-state index contributed by atoms with van der Waals surface area (Å²) < 4.78 is 5.10. The normalized spacial score (nSPS) is 21.3. The Morgan fingerprint density at radius 2 is 2.00 bits per heavy atom. The topological polar surface area (TPSA) is 69.7 Å². The van der Waals surface area contributed by atoms with Crippen molar-refractivity contribution >= 4 is 11.9 Å².